The maximum absolute atomic E-state index is 13.0. The fraction of sp³-hybridized carbons (Fsp3) is 0.729. The number of hydrogen-bond acceptors (Lipinski definition) is 7. The summed E-state index contributed by atoms with van der Waals surface area (Å²) < 4.78 is 34.9. The largest absolute Gasteiger partial charge is 0.472 e. The minimum Gasteiger partial charge on any atom is -0.462 e. The Hall–Kier alpha value is -4.11. The number of carbonyl (C=O) groups is 2. The smallest absolute Gasteiger partial charge is 0.462 e. The number of phosphoric ester groups is 1. The Morgan fingerprint density at radius 2 is 0.509 bits per heavy atom. The van der Waals surface area contributed by atoms with Crippen LogP contribution in [0.2, 0.25) is 0 Å². The van der Waals surface area contributed by atoms with Gasteiger partial charge >= 0.3 is 19.8 Å². The number of nitrogens with zero attached hydrogens (tertiary/aromatic N) is 1. The number of carbonyl (C=O) groups excluding carboxylic acids is 2. The lowest BCUT2D eigenvalue weighted by molar-refractivity contribution is -0.870. The Kier molecular flexibility index (Phi) is 81.6. The minimum absolute atomic E-state index is 0.0299. The number of phosphoric acid groups is 1. The highest BCUT2D eigenvalue weighted by Crippen LogP contribution is 2.43. The van der Waals surface area contributed by atoms with E-state index < -0.39 is 26.5 Å². The van der Waals surface area contributed by atoms with E-state index in [1.165, 1.54) is 250 Å². The molecule has 0 aliphatic heterocycles. The summed E-state index contributed by atoms with van der Waals surface area (Å²) in [5.41, 5.74) is 0. The van der Waals surface area contributed by atoms with E-state index in [0.717, 1.165) is 116 Å². The van der Waals surface area contributed by atoms with Gasteiger partial charge in [-0.1, -0.05) is 417 Å². The van der Waals surface area contributed by atoms with Crippen LogP contribution in [0.5, 0.6) is 0 Å². The second-order valence-electron chi connectivity index (χ2n) is 30.9. The molecule has 0 rings (SSSR count). The minimum atomic E-state index is -4.40. The molecule has 0 bridgehead atoms. The standard InChI is InChI=1S/C96H168NO8P/c1-6-8-10-12-14-16-18-20-22-24-26-28-30-32-34-36-38-40-42-44-46-48-50-52-54-56-58-60-62-64-66-68-70-72-74-76-78-80-82-84-86-88-95(98)102-92-94(93-104-106(100,101)103-91-90-97(3,4)5)105-96(99)89-87-85-83-81-79-77-75-73-71-69-67-65-63-61-59-57-55-53-51-49-47-45-43-41-39-37-35-33-31-29-27-25-23-21-19-17-15-13-11-9-7-2/h8-11,14-17,20-23,26-29,33,35,39,41,45,47,51,53,94H,6-7,12-13,18-19,24-25,30-32,34,36-38,40,42-44,46,48-50,52,54-93H2,1-5H3/p+1/b10-8-,11-9-,16-14-,17-15-,22-20-,23-21-,28-26-,29-27-,35-33-,41-39-,47-45-,53-51-. The fourth-order valence-corrected chi connectivity index (χ4v) is 13.4. The van der Waals surface area contributed by atoms with Gasteiger partial charge in [-0.25, -0.2) is 4.57 Å². The van der Waals surface area contributed by atoms with E-state index in [1.807, 2.05) is 21.1 Å². The van der Waals surface area contributed by atoms with Crippen molar-refractivity contribution in [2.24, 2.45) is 0 Å². The highest BCUT2D eigenvalue weighted by molar-refractivity contribution is 7.47. The zero-order valence-electron chi connectivity index (χ0n) is 69.9. The summed E-state index contributed by atoms with van der Waals surface area (Å²) in [7, 11) is 1.49. The van der Waals surface area contributed by atoms with Crippen molar-refractivity contribution in [2.45, 2.75) is 405 Å². The lowest BCUT2D eigenvalue weighted by Gasteiger charge is -2.24. The van der Waals surface area contributed by atoms with E-state index in [4.69, 9.17) is 18.5 Å². The Morgan fingerprint density at radius 1 is 0.292 bits per heavy atom. The second kappa shape index (κ2) is 84.9. The van der Waals surface area contributed by atoms with Crippen LogP contribution in [0.15, 0.2) is 146 Å². The summed E-state index contributed by atoms with van der Waals surface area (Å²) in [5.74, 6) is -0.782. The topological polar surface area (TPSA) is 108 Å². The van der Waals surface area contributed by atoms with E-state index >= 15 is 0 Å². The van der Waals surface area contributed by atoms with Gasteiger partial charge in [0.25, 0.3) is 0 Å². The third-order valence-corrected chi connectivity index (χ3v) is 20.3. The molecule has 0 amide bonds. The summed E-state index contributed by atoms with van der Waals surface area (Å²) >= 11 is 0. The van der Waals surface area contributed by atoms with E-state index in [0.29, 0.717) is 17.4 Å². The molecule has 0 heterocycles. The average molecular weight is 1500 g/mol. The summed E-state index contributed by atoms with van der Waals surface area (Å²) in [6.07, 6.45) is 126. The van der Waals surface area contributed by atoms with Gasteiger partial charge in [-0.2, -0.15) is 0 Å². The van der Waals surface area contributed by atoms with Gasteiger partial charge in [-0.15, -0.1) is 0 Å². The maximum Gasteiger partial charge on any atom is 0.472 e. The first-order valence-electron chi connectivity index (χ1n) is 44.6. The number of hydrogen-bond donors (Lipinski definition) is 1. The average Bonchev–Trinajstić information content (AvgIpc) is 0.908. The Morgan fingerprint density at radius 3 is 0.755 bits per heavy atom. The van der Waals surface area contributed by atoms with E-state index in [2.05, 4.69) is 160 Å². The molecule has 9 nitrogen and oxygen atoms in total. The van der Waals surface area contributed by atoms with Crippen LogP contribution in [0.3, 0.4) is 0 Å². The third-order valence-electron chi connectivity index (χ3n) is 19.4. The molecule has 0 aromatic rings. The van der Waals surface area contributed by atoms with Crippen LogP contribution >= 0.6 is 7.82 Å². The number of rotatable bonds is 82. The van der Waals surface area contributed by atoms with Crippen LogP contribution in [0.25, 0.3) is 0 Å². The third kappa shape index (κ3) is 88.8. The number of allylic oxidation sites excluding steroid dienone is 24. The number of unbranched alkanes of at least 4 members (excludes halogenated alkanes) is 44. The van der Waals surface area contributed by atoms with Gasteiger partial charge in [-0.05, 0) is 116 Å². The summed E-state index contributed by atoms with van der Waals surface area (Å²) in [6, 6.07) is 0. The van der Waals surface area contributed by atoms with Crippen molar-refractivity contribution in [3.63, 3.8) is 0 Å². The van der Waals surface area contributed by atoms with Gasteiger partial charge in [0.15, 0.2) is 6.10 Å². The summed E-state index contributed by atoms with van der Waals surface area (Å²) in [4.78, 5) is 36.1. The summed E-state index contributed by atoms with van der Waals surface area (Å²) in [5, 5.41) is 0. The van der Waals surface area contributed by atoms with Crippen molar-refractivity contribution in [3.05, 3.63) is 146 Å². The molecule has 0 aliphatic carbocycles. The van der Waals surface area contributed by atoms with Crippen LogP contribution in [0.4, 0.5) is 0 Å². The first-order chi connectivity index (χ1) is 52.0. The molecular weight excluding hydrogens is 1330 g/mol. The molecule has 106 heavy (non-hydrogen) atoms. The Bertz CT molecular complexity index is 2310. The van der Waals surface area contributed by atoms with Crippen molar-refractivity contribution in [1.29, 1.82) is 0 Å². The zero-order chi connectivity index (χ0) is 76.8. The molecule has 0 aliphatic rings. The van der Waals surface area contributed by atoms with E-state index in [-0.39, 0.29) is 32.0 Å². The summed E-state index contributed by atoms with van der Waals surface area (Å²) in [6.45, 7) is 4.25. The predicted molar refractivity (Wildman–Crippen MR) is 464 cm³/mol. The van der Waals surface area contributed by atoms with Crippen LogP contribution in [-0.4, -0.2) is 74.9 Å². The van der Waals surface area contributed by atoms with E-state index in [9.17, 15) is 19.0 Å². The van der Waals surface area contributed by atoms with Gasteiger partial charge in [-0.3, -0.25) is 18.6 Å². The van der Waals surface area contributed by atoms with Crippen molar-refractivity contribution in [3.8, 4) is 0 Å². The Balaban J connectivity index is 3.90. The number of quaternary nitrogens is 1. The highest BCUT2D eigenvalue weighted by atomic mass is 31.2. The molecule has 2 atom stereocenters. The molecule has 0 aromatic heterocycles. The molecule has 0 radical (unpaired) electrons. The number of likely N-dealkylation sites (N-methyl/N-ethyl adjacent to an activating group) is 1. The molecule has 0 saturated heterocycles. The van der Waals surface area contributed by atoms with Gasteiger partial charge in [0.05, 0.1) is 27.7 Å². The number of esters is 2. The van der Waals surface area contributed by atoms with Crippen molar-refractivity contribution < 1.29 is 42.1 Å². The lowest BCUT2D eigenvalue weighted by Crippen LogP contribution is -2.37. The molecule has 10 heteroatoms. The molecule has 0 fully saturated rings. The van der Waals surface area contributed by atoms with Crippen LogP contribution < -0.4 is 0 Å². The lowest BCUT2D eigenvalue weighted by atomic mass is 10.0. The normalized spacial score (nSPS) is 13.7. The van der Waals surface area contributed by atoms with Gasteiger partial charge in [0.2, 0.25) is 0 Å². The second-order valence-corrected chi connectivity index (χ2v) is 32.3. The molecule has 2 unspecified atom stereocenters. The van der Waals surface area contributed by atoms with Crippen molar-refractivity contribution >= 4 is 19.8 Å². The molecule has 1 N–H and O–H groups in total. The quantitative estimate of drug-likeness (QED) is 0.0211. The zero-order valence-corrected chi connectivity index (χ0v) is 70.8. The monoisotopic (exact) mass is 1500 g/mol. The molecule has 0 saturated carbocycles. The maximum atomic E-state index is 13.0. The molecule has 0 spiro atoms. The first kappa shape index (κ1) is 102. The highest BCUT2D eigenvalue weighted by Gasteiger charge is 2.27. The van der Waals surface area contributed by atoms with Crippen molar-refractivity contribution in [1.82, 2.24) is 0 Å². The van der Waals surface area contributed by atoms with Gasteiger partial charge in [0, 0.05) is 12.8 Å². The molecular formula is C96H169NO8P+. The van der Waals surface area contributed by atoms with E-state index in [1.54, 1.807) is 0 Å². The van der Waals surface area contributed by atoms with Crippen LogP contribution in [0, 0.1) is 0 Å². The fourth-order valence-electron chi connectivity index (χ4n) is 12.7. The van der Waals surface area contributed by atoms with Crippen LogP contribution in [-0.2, 0) is 32.7 Å². The van der Waals surface area contributed by atoms with Crippen molar-refractivity contribution in [2.75, 3.05) is 47.5 Å². The van der Waals surface area contributed by atoms with Gasteiger partial charge in [0.1, 0.15) is 19.8 Å². The predicted octanol–water partition coefficient (Wildman–Crippen LogP) is 30.4. The number of ether oxygens (including phenoxy) is 2. The molecule has 0 aromatic carbocycles. The van der Waals surface area contributed by atoms with Crippen LogP contribution in [0.1, 0.15) is 399 Å². The first-order valence-corrected chi connectivity index (χ1v) is 46.1. The van der Waals surface area contributed by atoms with Gasteiger partial charge < -0.3 is 18.9 Å². The molecule has 610 valence electrons. The SMILES string of the molecule is CC/C=C\C/C=C\C/C=C\C/C=C\C/C=C\C/C=C\C/C=C\C/C=C\CCCCCCCCCCCCCCCCCCC(=O)OC(COC(=O)CCCCCCCCCCCCCCCCCCCCCCCCCCCCCC/C=C\C/C=C\C/C=C\C/C=C\CC)COP(=O)(O)OCC[N+](C)(C)C. The Labute approximate surface area is 656 Å².